The largest absolute Gasteiger partial charge is 0.479 e. The minimum Gasteiger partial charge on any atom is -0.479 e. The lowest BCUT2D eigenvalue weighted by Crippen LogP contribution is -2.37. The smallest absolute Gasteiger partial charge is 0.260 e. The molecule has 3 N–H and O–H groups in total. The van der Waals surface area contributed by atoms with Crippen LogP contribution >= 0.6 is 0 Å². The van der Waals surface area contributed by atoms with Crippen molar-refractivity contribution < 1.29 is 9.53 Å². The summed E-state index contributed by atoms with van der Waals surface area (Å²) >= 11 is 0. The van der Waals surface area contributed by atoms with E-state index in [1.165, 1.54) is 0 Å². The van der Waals surface area contributed by atoms with E-state index in [4.69, 9.17) is 10.5 Å². The number of hydrogen-bond donors (Lipinski definition) is 2. The average Bonchev–Trinajstić information content (AvgIpc) is 3.15. The summed E-state index contributed by atoms with van der Waals surface area (Å²) in [7, 11) is 3.89. The molecule has 0 bridgehead atoms. The van der Waals surface area contributed by atoms with Gasteiger partial charge in [0.25, 0.3) is 5.91 Å². The molecule has 1 unspecified atom stereocenters. The molecular formula is C14H21N3O2. The topological polar surface area (TPSA) is 67.6 Å². The molecule has 0 radical (unpaired) electrons. The number of carbonyl (C=O) groups is 1. The predicted molar refractivity (Wildman–Crippen MR) is 76.4 cm³/mol. The Morgan fingerprint density at radius 2 is 2.16 bits per heavy atom. The third-order valence-corrected chi connectivity index (χ3v) is 3.11. The average molecular weight is 263 g/mol. The van der Waals surface area contributed by atoms with Gasteiger partial charge in [-0.05, 0) is 31.9 Å². The fourth-order valence-corrected chi connectivity index (χ4v) is 1.69. The predicted octanol–water partition coefficient (Wildman–Crippen LogP) is 1.38. The van der Waals surface area contributed by atoms with Gasteiger partial charge in [-0.15, -0.1) is 0 Å². The molecule has 104 valence electrons. The van der Waals surface area contributed by atoms with Crippen molar-refractivity contribution in [2.75, 3.05) is 24.7 Å². The van der Waals surface area contributed by atoms with E-state index in [1.807, 2.05) is 31.1 Å². The van der Waals surface area contributed by atoms with Gasteiger partial charge in [0.2, 0.25) is 0 Å². The Kier molecular flexibility index (Phi) is 3.83. The second kappa shape index (κ2) is 5.38. The number of benzene rings is 1. The van der Waals surface area contributed by atoms with E-state index in [0.29, 0.717) is 17.5 Å². The van der Waals surface area contributed by atoms with Crippen molar-refractivity contribution in [3.05, 3.63) is 18.2 Å². The number of anilines is 2. The summed E-state index contributed by atoms with van der Waals surface area (Å²) in [5, 5.41) is 2.92. The van der Waals surface area contributed by atoms with Gasteiger partial charge >= 0.3 is 0 Å². The molecule has 1 atom stereocenters. The lowest BCUT2D eigenvalue weighted by Gasteiger charge is -2.19. The van der Waals surface area contributed by atoms with Crippen LogP contribution in [0.4, 0.5) is 11.4 Å². The number of nitrogens with two attached hydrogens (primary N) is 1. The normalized spacial score (nSPS) is 15.7. The number of rotatable bonds is 5. The number of hydrogen-bond acceptors (Lipinski definition) is 4. The van der Waals surface area contributed by atoms with E-state index < -0.39 is 6.10 Å². The highest BCUT2D eigenvalue weighted by Crippen LogP contribution is 2.28. The molecule has 1 aliphatic rings. The molecule has 0 heterocycles. The Morgan fingerprint density at radius 3 is 2.74 bits per heavy atom. The van der Waals surface area contributed by atoms with Gasteiger partial charge in [0.05, 0.1) is 5.69 Å². The van der Waals surface area contributed by atoms with E-state index in [9.17, 15) is 4.79 Å². The van der Waals surface area contributed by atoms with Crippen LogP contribution in [0.25, 0.3) is 0 Å². The molecule has 5 heteroatoms. The number of nitrogens with zero attached hydrogens (tertiary/aromatic N) is 1. The zero-order valence-corrected chi connectivity index (χ0v) is 11.6. The lowest BCUT2D eigenvalue weighted by molar-refractivity contribution is -0.127. The summed E-state index contributed by atoms with van der Waals surface area (Å²) < 4.78 is 5.66. The van der Waals surface area contributed by atoms with E-state index in [2.05, 4.69) is 5.32 Å². The van der Waals surface area contributed by atoms with Crippen LogP contribution in [-0.2, 0) is 4.79 Å². The molecule has 1 aromatic carbocycles. The van der Waals surface area contributed by atoms with Crippen LogP contribution in [0.15, 0.2) is 18.2 Å². The van der Waals surface area contributed by atoms with E-state index in [0.717, 1.165) is 18.5 Å². The maximum absolute atomic E-state index is 11.8. The first-order valence-corrected chi connectivity index (χ1v) is 6.51. The quantitative estimate of drug-likeness (QED) is 0.788. The molecular weight excluding hydrogens is 242 g/mol. The van der Waals surface area contributed by atoms with Crippen molar-refractivity contribution in [1.82, 2.24) is 5.32 Å². The molecule has 1 fully saturated rings. The highest BCUT2D eigenvalue weighted by molar-refractivity contribution is 5.81. The van der Waals surface area contributed by atoms with Crippen molar-refractivity contribution in [2.45, 2.75) is 31.9 Å². The summed E-state index contributed by atoms with van der Waals surface area (Å²) in [4.78, 5) is 13.8. The number of ether oxygens (including phenoxy) is 1. The molecule has 0 aromatic heterocycles. The van der Waals surface area contributed by atoms with Crippen molar-refractivity contribution in [1.29, 1.82) is 0 Å². The van der Waals surface area contributed by atoms with Crippen molar-refractivity contribution in [3.63, 3.8) is 0 Å². The molecule has 1 aliphatic carbocycles. The van der Waals surface area contributed by atoms with Gasteiger partial charge in [0.15, 0.2) is 6.10 Å². The maximum atomic E-state index is 11.8. The Labute approximate surface area is 113 Å². The summed E-state index contributed by atoms with van der Waals surface area (Å²) in [6, 6.07) is 5.88. The third kappa shape index (κ3) is 3.53. The fraction of sp³-hybridized carbons (Fsp3) is 0.500. The molecule has 0 aliphatic heterocycles. The molecule has 2 rings (SSSR count). The number of amides is 1. The Bertz CT molecular complexity index is 470. The monoisotopic (exact) mass is 263 g/mol. The van der Waals surface area contributed by atoms with Crippen molar-refractivity contribution in [2.24, 2.45) is 0 Å². The van der Waals surface area contributed by atoms with Crippen LogP contribution in [0.2, 0.25) is 0 Å². The zero-order chi connectivity index (χ0) is 14.0. The number of nitrogens with one attached hydrogen (secondary N) is 1. The van der Waals surface area contributed by atoms with Crippen LogP contribution in [0.5, 0.6) is 5.75 Å². The van der Waals surface area contributed by atoms with Crippen LogP contribution in [0.3, 0.4) is 0 Å². The van der Waals surface area contributed by atoms with Crippen LogP contribution < -0.4 is 20.7 Å². The molecule has 0 saturated heterocycles. The van der Waals surface area contributed by atoms with Gasteiger partial charge in [0, 0.05) is 31.9 Å². The van der Waals surface area contributed by atoms with Gasteiger partial charge in [-0.2, -0.15) is 0 Å². The lowest BCUT2D eigenvalue weighted by atomic mass is 10.2. The second-order valence-corrected chi connectivity index (χ2v) is 5.16. The molecule has 0 spiro atoms. The Morgan fingerprint density at radius 1 is 1.47 bits per heavy atom. The molecule has 1 amide bonds. The van der Waals surface area contributed by atoms with Crippen LogP contribution in [0, 0.1) is 0 Å². The van der Waals surface area contributed by atoms with Gasteiger partial charge in [-0.25, -0.2) is 0 Å². The van der Waals surface area contributed by atoms with Gasteiger partial charge in [-0.1, -0.05) is 0 Å². The molecule has 1 aromatic rings. The minimum atomic E-state index is -0.541. The summed E-state index contributed by atoms with van der Waals surface area (Å²) in [5.41, 5.74) is 7.40. The Balaban J connectivity index is 2.04. The first kappa shape index (κ1) is 13.5. The second-order valence-electron chi connectivity index (χ2n) is 5.16. The number of carbonyl (C=O) groups excluding carboxylic acids is 1. The van der Waals surface area contributed by atoms with E-state index in [1.54, 1.807) is 13.0 Å². The zero-order valence-electron chi connectivity index (χ0n) is 11.6. The third-order valence-electron chi connectivity index (χ3n) is 3.11. The summed E-state index contributed by atoms with van der Waals surface area (Å²) in [6.45, 7) is 1.74. The maximum Gasteiger partial charge on any atom is 0.260 e. The SMILES string of the molecule is CC(Oc1cc(N(C)C)ccc1N)C(=O)NC1CC1. The van der Waals surface area contributed by atoms with E-state index >= 15 is 0 Å². The summed E-state index contributed by atoms with van der Waals surface area (Å²) in [5.74, 6) is 0.460. The summed E-state index contributed by atoms with van der Waals surface area (Å²) in [6.07, 6.45) is 1.59. The first-order chi connectivity index (χ1) is 8.97. The van der Waals surface area contributed by atoms with E-state index in [-0.39, 0.29) is 5.91 Å². The number of nitrogen functional groups attached to an aromatic ring is 1. The standard InChI is InChI=1S/C14H21N3O2/c1-9(14(18)16-10-4-5-10)19-13-8-11(17(2)3)6-7-12(13)15/h6-10H,4-5,15H2,1-3H3,(H,16,18). The van der Waals surface area contributed by atoms with Crippen LogP contribution in [0.1, 0.15) is 19.8 Å². The first-order valence-electron chi connectivity index (χ1n) is 6.51. The highest BCUT2D eigenvalue weighted by Gasteiger charge is 2.26. The highest BCUT2D eigenvalue weighted by atomic mass is 16.5. The molecule has 1 saturated carbocycles. The van der Waals surface area contributed by atoms with Crippen LogP contribution in [-0.4, -0.2) is 32.1 Å². The fourth-order valence-electron chi connectivity index (χ4n) is 1.69. The van der Waals surface area contributed by atoms with Crippen molar-refractivity contribution >= 4 is 17.3 Å². The van der Waals surface area contributed by atoms with Gasteiger partial charge in [-0.3, -0.25) is 4.79 Å². The van der Waals surface area contributed by atoms with Gasteiger partial charge < -0.3 is 20.7 Å². The van der Waals surface area contributed by atoms with Gasteiger partial charge in [0.1, 0.15) is 5.75 Å². The van der Waals surface area contributed by atoms with Crippen molar-refractivity contribution in [3.8, 4) is 5.75 Å². The Hall–Kier alpha value is -1.91. The molecule has 5 nitrogen and oxygen atoms in total. The molecule has 19 heavy (non-hydrogen) atoms. The minimum absolute atomic E-state index is 0.0860.